The van der Waals surface area contributed by atoms with Crippen molar-refractivity contribution in [2.24, 2.45) is 5.92 Å². The van der Waals surface area contributed by atoms with Crippen LogP contribution in [0, 0.1) is 29.2 Å². The maximum Gasteiger partial charge on any atom is 0.200 e. The van der Waals surface area contributed by atoms with E-state index in [-0.39, 0.29) is 18.3 Å². The average molecular weight is 463 g/mol. The monoisotopic (exact) mass is 462 g/mol. The normalized spacial score (nSPS) is 18.7. The first-order chi connectivity index (χ1) is 16.0. The van der Waals surface area contributed by atoms with Crippen LogP contribution in [0.25, 0.3) is 0 Å². The number of ether oxygens (including phenoxy) is 1. The van der Waals surface area contributed by atoms with E-state index in [0.717, 1.165) is 38.5 Å². The Morgan fingerprint density at radius 3 is 2.18 bits per heavy atom. The number of hydrogen-bond donors (Lipinski definition) is 0. The molecule has 1 saturated carbocycles. The van der Waals surface area contributed by atoms with Crippen LogP contribution in [0.15, 0.2) is 36.4 Å². The number of aryl methyl sites for hydroxylation is 2. The molecule has 1 nitrogen and oxygen atoms in total. The van der Waals surface area contributed by atoms with E-state index in [1.165, 1.54) is 6.07 Å². The number of unbranched alkanes of at least 4 members (excludes halogenated alkanes) is 1. The quantitative estimate of drug-likeness (QED) is 0.254. The molecule has 0 N–H and O–H groups in total. The fourth-order valence-electron chi connectivity index (χ4n) is 4.66. The lowest BCUT2D eigenvalue weighted by Crippen LogP contribution is -2.14. The average Bonchev–Trinajstić information content (AvgIpc) is 2.82. The highest BCUT2D eigenvalue weighted by atomic mass is 19.2. The second kappa shape index (κ2) is 12.2. The molecule has 0 radical (unpaired) electrons. The summed E-state index contributed by atoms with van der Waals surface area (Å²) >= 11 is 0. The van der Waals surface area contributed by atoms with Crippen LogP contribution in [-0.2, 0) is 12.8 Å². The third-order valence-electron chi connectivity index (χ3n) is 6.62. The van der Waals surface area contributed by atoms with Gasteiger partial charge in [-0.1, -0.05) is 43.7 Å². The number of halogens is 4. The predicted octanol–water partition coefficient (Wildman–Crippen LogP) is 8.45. The second-order valence-electron chi connectivity index (χ2n) is 8.91. The Labute approximate surface area is 194 Å². The number of benzene rings is 2. The van der Waals surface area contributed by atoms with Gasteiger partial charge in [-0.15, -0.1) is 0 Å². The van der Waals surface area contributed by atoms with Crippen LogP contribution < -0.4 is 4.74 Å². The molecular formula is C28H34F4O. The van der Waals surface area contributed by atoms with E-state index in [2.05, 4.69) is 6.08 Å². The molecule has 0 bridgehead atoms. The lowest BCUT2D eigenvalue weighted by Gasteiger charge is -2.27. The van der Waals surface area contributed by atoms with Gasteiger partial charge in [0.05, 0.1) is 6.61 Å². The summed E-state index contributed by atoms with van der Waals surface area (Å²) in [6.07, 6.45) is 11.0. The van der Waals surface area contributed by atoms with Crippen molar-refractivity contribution in [3.05, 3.63) is 76.4 Å². The lowest BCUT2D eigenvalue weighted by molar-refractivity contribution is 0.313. The van der Waals surface area contributed by atoms with E-state index in [9.17, 15) is 17.6 Å². The van der Waals surface area contributed by atoms with E-state index < -0.39 is 23.3 Å². The minimum atomic E-state index is -0.932. The Hall–Kier alpha value is -2.30. The molecule has 0 atom stereocenters. The highest BCUT2D eigenvalue weighted by Crippen LogP contribution is 2.38. The second-order valence-corrected chi connectivity index (χ2v) is 8.91. The summed E-state index contributed by atoms with van der Waals surface area (Å²) in [5.41, 5.74) is 1.31. The van der Waals surface area contributed by atoms with Crippen molar-refractivity contribution in [1.82, 2.24) is 0 Å². The van der Waals surface area contributed by atoms with Crippen LogP contribution in [0.5, 0.6) is 5.75 Å². The van der Waals surface area contributed by atoms with Crippen molar-refractivity contribution in [2.45, 2.75) is 77.6 Å². The van der Waals surface area contributed by atoms with E-state index in [4.69, 9.17) is 4.74 Å². The van der Waals surface area contributed by atoms with Crippen LogP contribution >= 0.6 is 0 Å². The molecule has 1 fully saturated rings. The van der Waals surface area contributed by atoms with Crippen molar-refractivity contribution in [2.75, 3.05) is 6.61 Å². The molecule has 1 aliphatic carbocycles. The largest absolute Gasteiger partial charge is 0.491 e. The molecule has 33 heavy (non-hydrogen) atoms. The fourth-order valence-corrected chi connectivity index (χ4v) is 4.66. The van der Waals surface area contributed by atoms with Crippen molar-refractivity contribution in [3.63, 3.8) is 0 Å². The standard InChI is InChI=1S/C28H34F4O/c1-3-5-9-21-15-17-23(27(31)25(21)29)20-13-11-19(12-14-20)8-6-7-10-22-16-18-24(33-4-2)28(32)26(22)30/h6,8,15-20H,3-5,7,9-14H2,1-2H3/b8-6+. The Kier molecular flexibility index (Phi) is 9.40. The van der Waals surface area contributed by atoms with Gasteiger partial charge in [0.1, 0.15) is 0 Å². The van der Waals surface area contributed by atoms with Crippen LogP contribution in [0.4, 0.5) is 17.6 Å². The van der Waals surface area contributed by atoms with Gasteiger partial charge in [-0.3, -0.25) is 0 Å². The zero-order chi connectivity index (χ0) is 23.8. The fraction of sp³-hybridized carbons (Fsp3) is 0.500. The maximum absolute atomic E-state index is 14.7. The van der Waals surface area contributed by atoms with E-state index in [1.54, 1.807) is 25.1 Å². The van der Waals surface area contributed by atoms with Gasteiger partial charge in [0, 0.05) is 0 Å². The molecule has 0 amide bonds. The van der Waals surface area contributed by atoms with Crippen molar-refractivity contribution >= 4 is 0 Å². The predicted molar refractivity (Wildman–Crippen MR) is 125 cm³/mol. The van der Waals surface area contributed by atoms with Crippen LogP contribution in [0.2, 0.25) is 0 Å². The molecule has 0 aromatic heterocycles. The van der Waals surface area contributed by atoms with Crippen molar-refractivity contribution < 1.29 is 22.3 Å². The summed E-state index contributed by atoms with van der Waals surface area (Å²) in [5.74, 6) is -2.76. The molecule has 0 saturated heterocycles. The Bertz CT molecular complexity index is 945. The smallest absolute Gasteiger partial charge is 0.200 e. The maximum atomic E-state index is 14.7. The van der Waals surface area contributed by atoms with Crippen molar-refractivity contribution in [1.29, 1.82) is 0 Å². The van der Waals surface area contributed by atoms with Gasteiger partial charge in [0.15, 0.2) is 23.2 Å². The minimum Gasteiger partial charge on any atom is -0.491 e. The van der Waals surface area contributed by atoms with Gasteiger partial charge in [0.25, 0.3) is 0 Å². The minimum absolute atomic E-state index is 0.0466. The van der Waals surface area contributed by atoms with Crippen LogP contribution in [-0.4, -0.2) is 6.61 Å². The van der Waals surface area contributed by atoms with Gasteiger partial charge in [0.2, 0.25) is 5.82 Å². The van der Waals surface area contributed by atoms with Gasteiger partial charge in [-0.05, 0) is 92.9 Å². The first kappa shape index (κ1) is 25.3. The lowest BCUT2D eigenvalue weighted by atomic mass is 9.78. The number of allylic oxidation sites excluding steroid dienone is 2. The molecular weight excluding hydrogens is 428 g/mol. The highest BCUT2D eigenvalue weighted by Gasteiger charge is 2.25. The topological polar surface area (TPSA) is 9.23 Å². The first-order valence-electron chi connectivity index (χ1n) is 12.2. The molecule has 1 aliphatic rings. The van der Waals surface area contributed by atoms with Gasteiger partial charge >= 0.3 is 0 Å². The third kappa shape index (κ3) is 6.39. The highest BCUT2D eigenvalue weighted by molar-refractivity contribution is 5.32. The summed E-state index contributed by atoms with van der Waals surface area (Å²) in [4.78, 5) is 0. The number of rotatable bonds is 10. The number of hydrogen-bond acceptors (Lipinski definition) is 1. The molecule has 0 spiro atoms. The molecule has 180 valence electrons. The van der Waals surface area contributed by atoms with Crippen LogP contribution in [0.1, 0.15) is 81.4 Å². The molecule has 3 rings (SSSR count). The Morgan fingerprint density at radius 1 is 0.818 bits per heavy atom. The Balaban J connectivity index is 1.50. The van der Waals surface area contributed by atoms with Gasteiger partial charge < -0.3 is 4.74 Å². The van der Waals surface area contributed by atoms with Gasteiger partial charge in [-0.2, -0.15) is 4.39 Å². The van der Waals surface area contributed by atoms with E-state index >= 15 is 0 Å². The Morgan fingerprint density at radius 2 is 1.48 bits per heavy atom. The summed E-state index contributed by atoms with van der Waals surface area (Å²) in [6.45, 7) is 4.04. The summed E-state index contributed by atoms with van der Waals surface area (Å²) in [5, 5.41) is 0. The SMILES string of the molecule is CCCCc1ccc(C2CCC(/C=C/CCc3ccc(OCC)c(F)c3F)CC2)c(F)c1F. The van der Waals surface area contributed by atoms with E-state index in [1.807, 2.05) is 13.0 Å². The molecule has 0 heterocycles. The van der Waals surface area contributed by atoms with Crippen LogP contribution in [0.3, 0.4) is 0 Å². The van der Waals surface area contributed by atoms with Crippen molar-refractivity contribution in [3.8, 4) is 5.75 Å². The summed E-state index contributed by atoms with van der Waals surface area (Å²) in [7, 11) is 0. The summed E-state index contributed by atoms with van der Waals surface area (Å²) < 4.78 is 62.3. The van der Waals surface area contributed by atoms with Gasteiger partial charge in [-0.25, -0.2) is 13.2 Å². The summed E-state index contributed by atoms with van der Waals surface area (Å²) in [6, 6.07) is 6.57. The molecule has 2 aromatic carbocycles. The molecule has 0 aliphatic heterocycles. The zero-order valence-electron chi connectivity index (χ0n) is 19.6. The zero-order valence-corrected chi connectivity index (χ0v) is 19.6. The molecule has 2 aromatic rings. The first-order valence-corrected chi connectivity index (χ1v) is 12.2. The third-order valence-corrected chi connectivity index (χ3v) is 6.62. The molecule has 5 heteroatoms. The van der Waals surface area contributed by atoms with E-state index in [0.29, 0.717) is 41.9 Å². The molecule has 0 unspecified atom stereocenters.